The number of nitrogens with zero attached hydrogens (tertiary/aromatic N) is 5. The van der Waals surface area contributed by atoms with E-state index in [0.717, 1.165) is 36.0 Å². The van der Waals surface area contributed by atoms with Crippen LogP contribution in [0.25, 0.3) is 11.0 Å². The van der Waals surface area contributed by atoms with Crippen LogP contribution >= 0.6 is 0 Å². The zero-order chi connectivity index (χ0) is 20.1. The Kier molecular flexibility index (Phi) is 6.27. The van der Waals surface area contributed by atoms with Gasteiger partial charge in [0, 0.05) is 6.54 Å². The van der Waals surface area contributed by atoms with Crippen molar-refractivity contribution in [2.45, 2.75) is 32.4 Å². The smallest absolute Gasteiger partial charge is 0.222 e. The van der Waals surface area contributed by atoms with Gasteiger partial charge in [-0.05, 0) is 57.2 Å². The Balaban J connectivity index is 2.34. The summed E-state index contributed by atoms with van der Waals surface area (Å²) in [4.78, 5) is 6.29. The van der Waals surface area contributed by atoms with Gasteiger partial charge >= 0.3 is 0 Å². The Labute approximate surface area is 165 Å². The molecule has 0 amide bonds. The summed E-state index contributed by atoms with van der Waals surface area (Å²) in [6, 6.07) is 14.9. The Morgan fingerprint density at radius 3 is 2.54 bits per heavy atom. The molecule has 1 atom stereocenters. The average Bonchev–Trinajstić information content (AvgIpc) is 2.96. The second kappa shape index (κ2) is 8.85. The molecule has 0 fully saturated rings. The third kappa shape index (κ3) is 4.00. The van der Waals surface area contributed by atoms with Crippen LogP contribution in [-0.2, 0) is 6.54 Å². The van der Waals surface area contributed by atoms with E-state index < -0.39 is 0 Å². The van der Waals surface area contributed by atoms with Crippen LogP contribution < -0.4 is 5.62 Å². The molecule has 0 aliphatic carbocycles. The normalized spacial score (nSPS) is 13.2. The predicted octanol–water partition coefficient (Wildman–Crippen LogP) is 3.91. The quantitative estimate of drug-likeness (QED) is 0.584. The largest absolute Gasteiger partial charge is 0.309 e. The van der Waals surface area contributed by atoms with Crippen molar-refractivity contribution in [1.82, 2.24) is 14.0 Å². The van der Waals surface area contributed by atoms with Crippen molar-refractivity contribution in [3.63, 3.8) is 0 Å². The van der Waals surface area contributed by atoms with E-state index in [1.165, 1.54) is 6.07 Å². The van der Waals surface area contributed by atoms with Crippen LogP contribution in [0.15, 0.2) is 53.5 Å². The molecular formula is C22H26FN5. The maximum Gasteiger partial charge on any atom is 0.222 e. The van der Waals surface area contributed by atoms with E-state index in [0.29, 0.717) is 12.2 Å². The molecule has 0 saturated heterocycles. The molecule has 1 heterocycles. The van der Waals surface area contributed by atoms with Gasteiger partial charge in [-0.15, -0.1) is 4.99 Å². The number of imidazole rings is 1. The minimum atomic E-state index is -0.294. The summed E-state index contributed by atoms with van der Waals surface area (Å²) in [7, 11) is 4.07. The standard InChI is InChI=1S/C22H26FN5/c1-4-13-27-20-11-10-18(23)15-21(20)28(22(27)25-16-24)19(12-14-26(2)3)17-8-6-5-7-9-17/h5-11,15,19H,4,12-14H2,1-3H3/b25-22-. The molecule has 0 spiro atoms. The average molecular weight is 379 g/mol. The first-order valence-corrected chi connectivity index (χ1v) is 9.59. The first-order chi connectivity index (χ1) is 13.6. The summed E-state index contributed by atoms with van der Waals surface area (Å²) < 4.78 is 18.2. The highest BCUT2D eigenvalue weighted by molar-refractivity contribution is 5.76. The highest BCUT2D eigenvalue weighted by atomic mass is 19.1. The SMILES string of the molecule is CCCn1/c(=N/C#N)n(C(CCN(C)C)c2ccccc2)c2cc(F)ccc21. The fraction of sp³-hybridized carbons (Fsp3) is 0.364. The minimum absolute atomic E-state index is 0.0573. The summed E-state index contributed by atoms with van der Waals surface area (Å²) >= 11 is 0. The van der Waals surface area contributed by atoms with Crippen LogP contribution in [0.4, 0.5) is 4.39 Å². The molecule has 146 valence electrons. The molecule has 0 N–H and O–H groups in total. The van der Waals surface area contributed by atoms with Gasteiger partial charge < -0.3 is 14.0 Å². The Morgan fingerprint density at radius 1 is 1.14 bits per heavy atom. The Hall–Kier alpha value is -2.91. The molecule has 5 nitrogen and oxygen atoms in total. The number of hydrogen-bond acceptors (Lipinski definition) is 3. The second-order valence-electron chi connectivity index (χ2n) is 7.18. The second-order valence-corrected chi connectivity index (χ2v) is 7.18. The molecule has 2 aromatic carbocycles. The lowest BCUT2D eigenvalue weighted by Crippen LogP contribution is -2.31. The number of fused-ring (bicyclic) bond motifs is 1. The van der Waals surface area contributed by atoms with E-state index in [9.17, 15) is 9.65 Å². The third-order valence-electron chi connectivity index (χ3n) is 4.89. The minimum Gasteiger partial charge on any atom is -0.309 e. The number of halogens is 1. The number of aryl methyl sites for hydroxylation is 1. The highest BCUT2D eigenvalue weighted by Gasteiger charge is 2.21. The molecule has 0 radical (unpaired) electrons. The van der Waals surface area contributed by atoms with Gasteiger partial charge in [0.15, 0.2) is 0 Å². The molecule has 0 bridgehead atoms. The van der Waals surface area contributed by atoms with Gasteiger partial charge in [-0.25, -0.2) is 4.39 Å². The van der Waals surface area contributed by atoms with E-state index in [1.54, 1.807) is 12.1 Å². The van der Waals surface area contributed by atoms with Crippen LogP contribution in [0.5, 0.6) is 0 Å². The summed E-state index contributed by atoms with van der Waals surface area (Å²) in [5, 5.41) is 9.36. The molecule has 0 aliphatic rings. The summed E-state index contributed by atoms with van der Waals surface area (Å²) in [6.07, 6.45) is 3.66. The maximum atomic E-state index is 14.2. The van der Waals surface area contributed by atoms with Crippen molar-refractivity contribution >= 4 is 11.0 Å². The molecule has 3 rings (SSSR count). The summed E-state index contributed by atoms with van der Waals surface area (Å²) in [5.74, 6) is -0.294. The zero-order valence-corrected chi connectivity index (χ0v) is 16.6. The topological polar surface area (TPSA) is 49.2 Å². The molecular weight excluding hydrogens is 353 g/mol. The Bertz CT molecular complexity index is 1040. The maximum absolute atomic E-state index is 14.2. The Morgan fingerprint density at radius 2 is 1.89 bits per heavy atom. The van der Waals surface area contributed by atoms with Crippen molar-refractivity contribution < 1.29 is 4.39 Å². The van der Waals surface area contributed by atoms with E-state index >= 15 is 0 Å². The number of benzene rings is 2. The molecule has 0 saturated carbocycles. The monoisotopic (exact) mass is 379 g/mol. The lowest BCUT2D eigenvalue weighted by molar-refractivity contribution is 0.364. The number of nitriles is 1. The fourth-order valence-corrected chi connectivity index (χ4v) is 3.67. The van der Waals surface area contributed by atoms with Crippen LogP contribution in [0.2, 0.25) is 0 Å². The molecule has 6 heteroatoms. The van der Waals surface area contributed by atoms with Gasteiger partial charge in [0.2, 0.25) is 11.8 Å². The number of rotatable bonds is 7. The highest BCUT2D eigenvalue weighted by Crippen LogP contribution is 2.26. The third-order valence-corrected chi connectivity index (χ3v) is 4.89. The van der Waals surface area contributed by atoms with Gasteiger partial charge in [-0.2, -0.15) is 5.26 Å². The number of hydrogen-bond donors (Lipinski definition) is 0. The zero-order valence-electron chi connectivity index (χ0n) is 16.6. The van der Waals surface area contributed by atoms with Gasteiger partial charge in [0.1, 0.15) is 5.82 Å². The van der Waals surface area contributed by atoms with Crippen molar-refractivity contribution in [1.29, 1.82) is 5.26 Å². The van der Waals surface area contributed by atoms with Crippen LogP contribution in [0, 0.1) is 17.3 Å². The first-order valence-electron chi connectivity index (χ1n) is 9.59. The lowest BCUT2D eigenvalue weighted by Gasteiger charge is -2.22. The van der Waals surface area contributed by atoms with E-state index in [-0.39, 0.29) is 11.9 Å². The molecule has 1 unspecified atom stereocenters. The van der Waals surface area contributed by atoms with Gasteiger partial charge in [0.05, 0.1) is 17.1 Å². The van der Waals surface area contributed by atoms with Crippen LogP contribution in [0.3, 0.4) is 0 Å². The van der Waals surface area contributed by atoms with E-state index in [1.807, 2.05) is 47.6 Å². The predicted molar refractivity (Wildman–Crippen MR) is 109 cm³/mol. The van der Waals surface area contributed by atoms with Crippen molar-refractivity contribution in [2.24, 2.45) is 4.99 Å². The first kappa shape index (κ1) is 19.8. The molecule has 3 aromatic rings. The van der Waals surface area contributed by atoms with Gasteiger partial charge in [-0.3, -0.25) is 0 Å². The van der Waals surface area contributed by atoms with E-state index in [4.69, 9.17) is 0 Å². The fourth-order valence-electron chi connectivity index (χ4n) is 3.67. The van der Waals surface area contributed by atoms with E-state index in [2.05, 4.69) is 28.9 Å². The van der Waals surface area contributed by atoms with Crippen molar-refractivity contribution in [3.05, 3.63) is 65.5 Å². The summed E-state index contributed by atoms with van der Waals surface area (Å²) in [6.45, 7) is 3.65. The van der Waals surface area contributed by atoms with Crippen LogP contribution in [0.1, 0.15) is 31.4 Å². The van der Waals surface area contributed by atoms with Gasteiger partial charge in [-0.1, -0.05) is 37.3 Å². The van der Waals surface area contributed by atoms with Crippen molar-refractivity contribution in [2.75, 3.05) is 20.6 Å². The van der Waals surface area contributed by atoms with Crippen LogP contribution in [-0.4, -0.2) is 34.7 Å². The van der Waals surface area contributed by atoms with Gasteiger partial charge in [0.25, 0.3) is 0 Å². The molecule has 0 aliphatic heterocycles. The lowest BCUT2D eigenvalue weighted by atomic mass is 10.0. The van der Waals surface area contributed by atoms with Crippen molar-refractivity contribution in [3.8, 4) is 6.19 Å². The molecule has 28 heavy (non-hydrogen) atoms. The summed E-state index contributed by atoms with van der Waals surface area (Å²) in [5.41, 5.74) is 3.33. The number of aromatic nitrogens is 2. The molecule has 1 aromatic heterocycles.